The summed E-state index contributed by atoms with van der Waals surface area (Å²) in [5.41, 5.74) is 4.10. The molecule has 3 N–H and O–H groups in total. The Hall–Kier alpha value is -2.63. The van der Waals surface area contributed by atoms with E-state index in [0.29, 0.717) is 24.2 Å². The molecule has 1 aromatic carbocycles. The first kappa shape index (κ1) is 12.4. The molecular formula is C14H13N3O3. The second-order valence-corrected chi connectivity index (χ2v) is 4.77. The number of fused-ring (bicyclic) bond motifs is 1. The first-order chi connectivity index (χ1) is 9.61. The number of hydrogen-bond donors (Lipinski definition) is 3. The molecule has 6 heteroatoms. The quantitative estimate of drug-likeness (QED) is 0.790. The molecule has 1 aliphatic rings. The second kappa shape index (κ2) is 4.80. The third-order valence-electron chi connectivity index (χ3n) is 3.27. The van der Waals surface area contributed by atoms with Crippen molar-refractivity contribution in [2.45, 2.75) is 19.3 Å². The zero-order valence-corrected chi connectivity index (χ0v) is 10.6. The summed E-state index contributed by atoms with van der Waals surface area (Å²) < 4.78 is 0. The van der Waals surface area contributed by atoms with Crippen molar-refractivity contribution in [3.8, 4) is 11.3 Å². The van der Waals surface area contributed by atoms with Gasteiger partial charge in [-0.05, 0) is 30.2 Å². The number of hydrogen-bond acceptors (Lipinski definition) is 3. The number of nitrogens with one attached hydrogen (secondary N) is 2. The number of anilines is 1. The van der Waals surface area contributed by atoms with Crippen LogP contribution < -0.4 is 5.32 Å². The number of nitrogens with zero attached hydrogens (tertiary/aromatic N) is 1. The van der Waals surface area contributed by atoms with Crippen molar-refractivity contribution in [2.75, 3.05) is 5.32 Å². The highest BCUT2D eigenvalue weighted by atomic mass is 16.4. The molecule has 0 atom stereocenters. The van der Waals surface area contributed by atoms with Gasteiger partial charge in [-0.3, -0.25) is 14.7 Å². The van der Waals surface area contributed by atoms with Crippen molar-refractivity contribution in [1.29, 1.82) is 0 Å². The van der Waals surface area contributed by atoms with E-state index in [-0.39, 0.29) is 12.3 Å². The van der Waals surface area contributed by atoms with Crippen LogP contribution in [-0.2, 0) is 22.4 Å². The average molecular weight is 271 g/mol. The number of aryl methyl sites for hydroxylation is 1. The highest BCUT2D eigenvalue weighted by molar-refractivity contribution is 5.94. The number of carboxylic acids is 1. The van der Waals surface area contributed by atoms with Gasteiger partial charge in [0.05, 0.1) is 12.1 Å². The van der Waals surface area contributed by atoms with Crippen LogP contribution in [0.4, 0.5) is 5.69 Å². The van der Waals surface area contributed by atoms with Gasteiger partial charge in [-0.25, -0.2) is 0 Å². The van der Waals surface area contributed by atoms with Crippen LogP contribution in [0.5, 0.6) is 0 Å². The van der Waals surface area contributed by atoms with Crippen molar-refractivity contribution < 1.29 is 14.7 Å². The Bertz CT molecular complexity index is 691. The van der Waals surface area contributed by atoms with Crippen LogP contribution in [0.1, 0.15) is 17.7 Å². The molecule has 0 unspecified atom stereocenters. The van der Waals surface area contributed by atoms with E-state index in [9.17, 15) is 9.59 Å². The number of amides is 1. The third-order valence-corrected chi connectivity index (χ3v) is 3.27. The molecule has 0 bridgehead atoms. The zero-order valence-electron chi connectivity index (χ0n) is 10.6. The molecule has 20 heavy (non-hydrogen) atoms. The number of benzene rings is 1. The van der Waals surface area contributed by atoms with E-state index < -0.39 is 5.97 Å². The molecule has 1 aliphatic heterocycles. The molecule has 2 aromatic rings. The molecule has 0 saturated heterocycles. The van der Waals surface area contributed by atoms with Gasteiger partial charge >= 0.3 is 5.97 Å². The molecule has 1 aromatic heterocycles. The minimum absolute atomic E-state index is 0.0359. The number of H-pyrrole nitrogens is 1. The first-order valence-corrected chi connectivity index (χ1v) is 6.31. The van der Waals surface area contributed by atoms with Crippen LogP contribution in [0.15, 0.2) is 24.3 Å². The predicted molar refractivity (Wildman–Crippen MR) is 72.3 cm³/mol. The molecule has 1 amide bonds. The summed E-state index contributed by atoms with van der Waals surface area (Å²) in [6.45, 7) is 0. The Morgan fingerprint density at radius 2 is 2.15 bits per heavy atom. The summed E-state index contributed by atoms with van der Waals surface area (Å²) in [6.07, 6.45) is 1.12. The van der Waals surface area contributed by atoms with E-state index in [4.69, 9.17) is 5.11 Å². The molecule has 102 valence electrons. The van der Waals surface area contributed by atoms with Crippen molar-refractivity contribution >= 4 is 17.6 Å². The number of carbonyl (C=O) groups is 2. The van der Waals surface area contributed by atoms with E-state index in [1.165, 1.54) is 0 Å². The molecular weight excluding hydrogens is 258 g/mol. The minimum atomic E-state index is -0.895. The van der Waals surface area contributed by atoms with Gasteiger partial charge in [0.1, 0.15) is 0 Å². The number of carbonyl (C=O) groups excluding carboxylic acids is 1. The monoisotopic (exact) mass is 271 g/mol. The van der Waals surface area contributed by atoms with Gasteiger partial charge in [-0.15, -0.1) is 0 Å². The fourth-order valence-corrected chi connectivity index (χ4v) is 2.31. The van der Waals surface area contributed by atoms with Gasteiger partial charge in [-0.2, -0.15) is 5.10 Å². The van der Waals surface area contributed by atoms with Gasteiger partial charge in [0, 0.05) is 23.4 Å². The Morgan fingerprint density at radius 3 is 2.95 bits per heavy atom. The Labute approximate surface area is 114 Å². The summed E-state index contributed by atoms with van der Waals surface area (Å²) in [4.78, 5) is 22.0. The summed E-state index contributed by atoms with van der Waals surface area (Å²) in [5.74, 6) is -0.859. The second-order valence-electron chi connectivity index (χ2n) is 4.77. The lowest BCUT2D eigenvalue weighted by molar-refractivity contribution is -0.136. The van der Waals surface area contributed by atoms with Gasteiger partial charge in [0.15, 0.2) is 0 Å². The van der Waals surface area contributed by atoms with Crippen LogP contribution in [0.3, 0.4) is 0 Å². The molecule has 3 rings (SSSR count). The van der Waals surface area contributed by atoms with Gasteiger partial charge in [0.25, 0.3) is 0 Å². The Balaban J connectivity index is 1.89. The highest BCUT2D eigenvalue weighted by Crippen LogP contribution is 2.28. The molecule has 0 aliphatic carbocycles. The van der Waals surface area contributed by atoms with Crippen molar-refractivity contribution in [2.24, 2.45) is 0 Å². The Kier molecular flexibility index (Phi) is 2.98. The van der Waals surface area contributed by atoms with E-state index in [1.807, 2.05) is 18.2 Å². The predicted octanol–water partition coefficient (Wildman–Crippen LogP) is 1.59. The zero-order chi connectivity index (χ0) is 14.1. The summed E-state index contributed by atoms with van der Waals surface area (Å²) >= 11 is 0. The number of carboxylic acid groups (broad SMARTS) is 1. The molecule has 0 fully saturated rings. The van der Waals surface area contributed by atoms with Gasteiger partial charge in [-0.1, -0.05) is 6.07 Å². The standard InChI is InChI=1S/C14H13N3O3/c18-13-4-2-8-5-9(1-3-11(8)15-13)12-6-10(16-17-12)7-14(19)20/h1,3,5-6H,2,4,7H2,(H,15,18)(H,16,17)(H,19,20). The topological polar surface area (TPSA) is 95.1 Å². The number of aromatic amines is 1. The van der Waals surface area contributed by atoms with E-state index >= 15 is 0 Å². The van der Waals surface area contributed by atoms with Crippen LogP contribution in [-0.4, -0.2) is 27.2 Å². The van der Waals surface area contributed by atoms with Crippen LogP contribution in [0.2, 0.25) is 0 Å². The molecule has 0 radical (unpaired) electrons. The molecule has 6 nitrogen and oxygen atoms in total. The van der Waals surface area contributed by atoms with Crippen LogP contribution >= 0.6 is 0 Å². The molecule has 0 saturated carbocycles. The summed E-state index contributed by atoms with van der Waals surface area (Å²) in [5, 5.41) is 18.4. The lowest BCUT2D eigenvalue weighted by Crippen LogP contribution is -2.18. The highest BCUT2D eigenvalue weighted by Gasteiger charge is 2.16. The molecule has 0 spiro atoms. The first-order valence-electron chi connectivity index (χ1n) is 6.31. The fraction of sp³-hybridized carbons (Fsp3) is 0.214. The largest absolute Gasteiger partial charge is 0.481 e. The maximum atomic E-state index is 11.3. The number of aromatic nitrogens is 2. The third kappa shape index (κ3) is 2.40. The average Bonchev–Trinajstić information content (AvgIpc) is 2.85. The van der Waals surface area contributed by atoms with E-state index in [2.05, 4.69) is 15.5 Å². The smallest absolute Gasteiger partial charge is 0.309 e. The maximum absolute atomic E-state index is 11.3. The number of rotatable bonds is 3. The van der Waals surface area contributed by atoms with E-state index in [0.717, 1.165) is 16.8 Å². The molecule has 2 heterocycles. The SMILES string of the molecule is O=C(O)Cc1cc(-c2ccc3c(c2)CCC(=O)N3)n[nH]1. The number of aliphatic carboxylic acids is 1. The van der Waals surface area contributed by atoms with Crippen molar-refractivity contribution in [3.05, 3.63) is 35.5 Å². The van der Waals surface area contributed by atoms with Gasteiger partial charge in [0.2, 0.25) is 5.91 Å². The van der Waals surface area contributed by atoms with Crippen LogP contribution in [0, 0.1) is 0 Å². The van der Waals surface area contributed by atoms with Crippen LogP contribution in [0.25, 0.3) is 11.3 Å². The lowest BCUT2D eigenvalue weighted by Gasteiger charge is -2.17. The maximum Gasteiger partial charge on any atom is 0.309 e. The summed E-state index contributed by atoms with van der Waals surface area (Å²) in [6, 6.07) is 7.44. The Morgan fingerprint density at radius 1 is 1.30 bits per heavy atom. The van der Waals surface area contributed by atoms with Crippen molar-refractivity contribution in [3.63, 3.8) is 0 Å². The fourth-order valence-electron chi connectivity index (χ4n) is 2.31. The normalized spacial score (nSPS) is 13.7. The van der Waals surface area contributed by atoms with Gasteiger partial charge < -0.3 is 10.4 Å². The van der Waals surface area contributed by atoms with E-state index in [1.54, 1.807) is 6.07 Å². The summed E-state index contributed by atoms with van der Waals surface area (Å²) in [7, 11) is 0. The van der Waals surface area contributed by atoms with Crippen molar-refractivity contribution in [1.82, 2.24) is 10.2 Å². The lowest BCUT2D eigenvalue weighted by atomic mass is 9.99. The minimum Gasteiger partial charge on any atom is -0.481 e.